The van der Waals surface area contributed by atoms with Gasteiger partial charge in [0.25, 0.3) is 0 Å². The van der Waals surface area contributed by atoms with Gasteiger partial charge in [-0.05, 0) is 24.3 Å². The lowest BCUT2D eigenvalue weighted by atomic mass is 10.2. The summed E-state index contributed by atoms with van der Waals surface area (Å²) in [5.74, 6) is 0.0357. The summed E-state index contributed by atoms with van der Waals surface area (Å²) in [5.41, 5.74) is 0.487. The molecule has 1 atom stereocenters. The number of aliphatic hydroxyl groups is 1. The van der Waals surface area contributed by atoms with Crippen LogP contribution in [0.25, 0.3) is 0 Å². The molecule has 0 saturated heterocycles. The zero-order valence-electron chi connectivity index (χ0n) is 8.57. The molecule has 0 heterocycles. The van der Waals surface area contributed by atoms with E-state index in [2.05, 4.69) is 0 Å². The maximum absolute atomic E-state index is 12.1. The fraction of sp³-hybridized carbons (Fsp3) is 0.400. The summed E-state index contributed by atoms with van der Waals surface area (Å²) >= 11 is 0. The van der Waals surface area contributed by atoms with Crippen molar-refractivity contribution in [3.8, 4) is 5.75 Å². The number of anilines is 1. The van der Waals surface area contributed by atoms with Crippen LogP contribution < -0.4 is 4.90 Å². The number of aliphatic hydroxyl groups excluding tert-OH is 1. The zero-order valence-corrected chi connectivity index (χ0v) is 8.57. The lowest BCUT2D eigenvalue weighted by Crippen LogP contribution is -2.39. The van der Waals surface area contributed by atoms with Gasteiger partial charge in [0.05, 0.1) is 6.54 Å². The lowest BCUT2D eigenvalue weighted by molar-refractivity contribution is -0.200. The Bertz CT molecular complexity index is 337. The molecule has 1 rings (SSSR count). The van der Waals surface area contributed by atoms with Gasteiger partial charge in [0, 0.05) is 12.7 Å². The Morgan fingerprint density at radius 1 is 1.25 bits per heavy atom. The first kappa shape index (κ1) is 12.6. The summed E-state index contributed by atoms with van der Waals surface area (Å²) in [5, 5.41) is 17.9. The average Bonchev–Trinajstić information content (AvgIpc) is 2.17. The quantitative estimate of drug-likeness (QED) is 0.838. The standard InChI is InChI=1S/C10H12F3NO2/c1-14(6-9(16)10(11,12)13)7-2-4-8(15)5-3-7/h2-5,9,15-16H,6H2,1H3. The molecule has 0 aliphatic heterocycles. The third kappa shape index (κ3) is 3.30. The number of halogens is 3. The predicted molar refractivity (Wildman–Crippen MR) is 53.4 cm³/mol. The molecule has 16 heavy (non-hydrogen) atoms. The molecule has 1 unspecified atom stereocenters. The summed E-state index contributed by atoms with van der Waals surface area (Å²) in [6.07, 6.45) is -7.00. The van der Waals surface area contributed by atoms with E-state index >= 15 is 0 Å². The number of hydrogen-bond acceptors (Lipinski definition) is 3. The number of phenols is 1. The second-order valence-corrected chi connectivity index (χ2v) is 3.45. The monoisotopic (exact) mass is 235 g/mol. The topological polar surface area (TPSA) is 43.7 Å². The van der Waals surface area contributed by atoms with Crippen LogP contribution in [-0.4, -0.2) is 36.1 Å². The fourth-order valence-electron chi connectivity index (χ4n) is 1.18. The Kier molecular flexibility index (Phi) is 3.64. The molecule has 0 aromatic heterocycles. The fourth-order valence-corrected chi connectivity index (χ4v) is 1.18. The minimum atomic E-state index is -4.62. The van der Waals surface area contributed by atoms with Gasteiger partial charge >= 0.3 is 6.18 Å². The number of nitrogens with zero attached hydrogens (tertiary/aromatic N) is 1. The maximum Gasteiger partial charge on any atom is 0.416 e. The van der Waals surface area contributed by atoms with Crippen molar-refractivity contribution >= 4 is 5.69 Å². The highest BCUT2D eigenvalue weighted by Gasteiger charge is 2.38. The van der Waals surface area contributed by atoms with Gasteiger partial charge in [-0.25, -0.2) is 0 Å². The third-order valence-electron chi connectivity index (χ3n) is 2.12. The summed E-state index contributed by atoms with van der Waals surface area (Å²) < 4.78 is 36.2. The molecule has 0 saturated carbocycles. The molecular weight excluding hydrogens is 223 g/mol. The summed E-state index contributed by atoms with van der Waals surface area (Å²) in [6, 6.07) is 5.68. The Morgan fingerprint density at radius 3 is 2.19 bits per heavy atom. The molecule has 0 radical (unpaired) electrons. The largest absolute Gasteiger partial charge is 0.508 e. The summed E-state index contributed by atoms with van der Waals surface area (Å²) in [4.78, 5) is 1.26. The number of likely N-dealkylation sites (N-methyl/N-ethyl adjacent to an activating group) is 1. The molecule has 0 aliphatic carbocycles. The van der Waals surface area contributed by atoms with Crippen molar-refractivity contribution in [3.63, 3.8) is 0 Å². The van der Waals surface area contributed by atoms with Crippen molar-refractivity contribution < 1.29 is 23.4 Å². The van der Waals surface area contributed by atoms with Gasteiger partial charge in [-0.1, -0.05) is 0 Å². The van der Waals surface area contributed by atoms with E-state index in [0.29, 0.717) is 5.69 Å². The molecule has 1 aromatic rings. The summed E-state index contributed by atoms with van der Waals surface area (Å²) in [7, 11) is 1.43. The second-order valence-electron chi connectivity index (χ2n) is 3.45. The Morgan fingerprint density at radius 2 is 1.75 bits per heavy atom. The lowest BCUT2D eigenvalue weighted by Gasteiger charge is -2.24. The molecule has 0 aliphatic rings. The van der Waals surface area contributed by atoms with Gasteiger partial charge < -0.3 is 15.1 Å². The number of benzene rings is 1. The number of alkyl halides is 3. The predicted octanol–water partition coefficient (Wildman–Crippen LogP) is 1.75. The number of phenolic OH excluding ortho intramolecular Hbond substituents is 1. The van der Waals surface area contributed by atoms with Crippen LogP contribution in [0, 0.1) is 0 Å². The van der Waals surface area contributed by atoms with Crippen LogP contribution in [0.3, 0.4) is 0 Å². The van der Waals surface area contributed by atoms with E-state index in [-0.39, 0.29) is 5.75 Å². The van der Waals surface area contributed by atoms with Crippen molar-refractivity contribution in [1.82, 2.24) is 0 Å². The highest BCUT2D eigenvalue weighted by atomic mass is 19.4. The van der Waals surface area contributed by atoms with Crippen LogP contribution in [0.2, 0.25) is 0 Å². The normalized spacial score (nSPS) is 13.6. The van der Waals surface area contributed by atoms with Crippen molar-refractivity contribution in [1.29, 1.82) is 0 Å². The van der Waals surface area contributed by atoms with E-state index in [1.165, 1.54) is 36.2 Å². The first-order chi connectivity index (χ1) is 7.30. The molecule has 0 spiro atoms. The van der Waals surface area contributed by atoms with Crippen LogP contribution in [0.5, 0.6) is 5.75 Å². The van der Waals surface area contributed by atoms with Crippen molar-refractivity contribution in [3.05, 3.63) is 24.3 Å². The SMILES string of the molecule is CN(CC(O)C(F)(F)F)c1ccc(O)cc1. The van der Waals surface area contributed by atoms with Crippen LogP contribution >= 0.6 is 0 Å². The molecule has 90 valence electrons. The van der Waals surface area contributed by atoms with Gasteiger partial charge in [-0.15, -0.1) is 0 Å². The van der Waals surface area contributed by atoms with Crippen molar-refractivity contribution in [2.24, 2.45) is 0 Å². The average molecular weight is 235 g/mol. The Hall–Kier alpha value is -1.43. The van der Waals surface area contributed by atoms with Gasteiger partial charge in [0.15, 0.2) is 6.10 Å². The molecule has 0 bridgehead atoms. The van der Waals surface area contributed by atoms with E-state index in [0.717, 1.165) is 0 Å². The van der Waals surface area contributed by atoms with Gasteiger partial charge in [-0.3, -0.25) is 0 Å². The van der Waals surface area contributed by atoms with Crippen LogP contribution in [-0.2, 0) is 0 Å². The minimum absolute atomic E-state index is 0.0357. The third-order valence-corrected chi connectivity index (χ3v) is 2.12. The zero-order chi connectivity index (χ0) is 12.3. The van der Waals surface area contributed by atoms with Gasteiger partial charge in [0.2, 0.25) is 0 Å². The minimum Gasteiger partial charge on any atom is -0.508 e. The van der Waals surface area contributed by atoms with Crippen LogP contribution in [0.15, 0.2) is 24.3 Å². The number of hydrogen-bond donors (Lipinski definition) is 2. The molecular formula is C10H12F3NO2. The van der Waals surface area contributed by atoms with Crippen molar-refractivity contribution in [2.45, 2.75) is 12.3 Å². The molecule has 1 aromatic carbocycles. The summed E-state index contributed by atoms with van der Waals surface area (Å²) in [6.45, 7) is -0.547. The maximum atomic E-state index is 12.1. The van der Waals surface area contributed by atoms with Gasteiger partial charge in [0.1, 0.15) is 5.75 Å². The molecule has 2 N–H and O–H groups in total. The van der Waals surface area contributed by atoms with E-state index < -0.39 is 18.8 Å². The van der Waals surface area contributed by atoms with Gasteiger partial charge in [-0.2, -0.15) is 13.2 Å². The number of rotatable bonds is 3. The highest BCUT2D eigenvalue weighted by Crippen LogP contribution is 2.23. The van der Waals surface area contributed by atoms with Crippen molar-refractivity contribution in [2.75, 3.05) is 18.5 Å². The Labute approximate surface area is 90.7 Å². The highest BCUT2D eigenvalue weighted by molar-refractivity contribution is 5.48. The van der Waals surface area contributed by atoms with Crippen LogP contribution in [0.4, 0.5) is 18.9 Å². The smallest absolute Gasteiger partial charge is 0.416 e. The molecule has 0 amide bonds. The van der Waals surface area contributed by atoms with Crippen LogP contribution in [0.1, 0.15) is 0 Å². The van der Waals surface area contributed by atoms with E-state index in [1.54, 1.807) is 0 Å². The second kappa shape index (κ2) is 4.61. The molecule has 3 nitrogen and oxygen atoms in total. The molecule has 6 heteroatoms. The Balaban J connectivity index is 2.65. The first-order valence-electron chi connectivity index (χ1n) is 4.55. The first-order valence-corrected chi connectivity index (χ1v) is 4.55. The van der Waals surface area contributed by atoms with E-state index in [1.807, 2.05) is 0 Å². The molecule has 0 fully saturated rings. The van der Waals surface area contributed by atoms with E-state index in [9.17, 15) is 13.2 Å². The van der Waals surface area contributed by atoms with E-state index in [4.69, 9.17) is 10.2 Å². The number of aromatic hydroxyl groups is 1.